The van der Waals surface area contributed by atoms with Gasteiger partial charge in [0.05, 0.1) is 24.2 Å². The van der Waals surface area contributed by atoms with E-state index in [2.05, 4.69) is 21.2 Å². The van der Waals surface area contributed by atoms with Crippen molar-refractivity contribution in [2.75, 3.05) is 22.4 Å². The first kappa shape index (κ1) is 16.8. The third-order valence-electron chi connectivity index (χ3n) is 3.56. The Bertz CT molecular complexity index is 885. The van der Waals surface area contributed by atoms with Gasteiger partial charge in [-0.2, -0.15) is 0 Å². The minimum absolute atomic E-state index is 0.0772. The molecule has 3 rings (SSSR count). The molecule has 0 saturated heterocycles. The zero-order chi connectivity index (χ0) is 17.3. The zero-order valence-electron chi connectivity index (χ0n) is 12.8. The maximum atomic E-state index is 12.5. The van der Waals surface area contributed by atoms with Crippen LogP contribution in [0.15, 0.2) is 53.0 Å². The minimum atomic E-state index is -3.52. The van der Waals surface area contributed by atoms with E-state index < -0.39 is 22.0 Å². The maximum absolute atomic E-state index is 12.5. The molecule has 1 N–H and O–H groups in total. The number of rotatable bonds is 3. The number of ether oxygens (including phenoxy) is 1. The molecular formula is C16H15BrN2O4S. The molecule has 1 atom stereocenters. The molecule has 0 saturated carbocycles. The van der Waals surface area contributed by atoms with Crippen LogP contribution >= 0.6 is 15.9 Å². The summed E-state index contributed by atoms with van der Waals surface area (Å²) in [7, 11) is -3.52. The normalized spacial score (nSPS) is 16.9. The topological polar surface area (TPSA) is 75.7 Å². The van der Waals surface area contributed by atoms with Crippen LogP contribution in [0.1, 0.15) is 0 Å². The Balaban J connectivity index is 1.88. The SMILES string of the molecule is CS(=O)(=O)N1C[C@H](C(=O)Nc2ccccc2Br)Oc2ccccc21. The Labute approximate surface area is 148 Å². The van der Waals surface area contributed by atoms with E-state index in [-0.39, 0.29) is 6.54 Å². The highest BCUT2D eigenvalue weighted by Gasteiger charge is 2.34. The smallest absolute Gasteiger partial charge is 0.267 e. The quantitative estimate of drug-likeness (QED) is 0.843. The number of para-hydroxylation sites is 3. The lowest BCUT2D eigenvalue weighted by atomic mass is 10.2. The number of sulfonamides is 1. The molecule has 2 aromatic carbocycles. The summed E-state index contributed by atoms with van der Waals surface area (Å²) in [4.78, 5) is 12.5. The average molecular weight is 411 g/mol. The van der Waals surface area contributed by atoms with Crippen molar-refractivity contribution in [2.45, 2.75) is 6.10 Å². The lowest BCUT2D eigenvalue weighted by Crippen LogP contribution is -2.48. The summed E-state index contributed by atoms with van der Waals surface area (Å²) in [6.45, 7) is -0.0772. The van der Waals surface area contributed by atoms with Gasteiger partial charge in [0.25, 0.3) is 5.91 Å². The first-order valence-corrected chi connectivity index (χ1v) is 9.79. The first-order chi connectivity index (χ1) is 11.4. The molecule has 6 nitrogen and oxygen atoms in total. The van der Waals surface area contributed by atoms with Crippen molar-refractivity contribution < 1.29 is 17.9 Å². The van der Waals surface area contributed by atoms with Gasteiger partial charge in [0.1, 0.15) is 5.75 Å². The number of carbonyl (C=O) groups is 1. The number of benzene rings is 2. The number of fused-ring (bicyclic) bond motifs is 1. The van der Waals surface area contributed by atoms with E-state index in [1.807, 2.05) is 6.07 Å². The molecule has 8 heteroatoms. The van der Waals surface area contributed by atoms with Crippen LogP contribution in [-0.2, 0) is 14.8 Å². The van der Waals surface area contributed by atoms with Gasteiger partial charge in [0.2, 0.25) is 10.0 Å². The van der Waals surface area contributed by atoms with Gasteiger partial charge in [0.15, 0.2) is 6.10 Å². The van der Waals surface area contributed by atoms with Crippen molar-refractivity contribution in [1.82, 2.24) is 0 Å². The molecule has 0 spiro atoms. The molecule has 1 heterocycles. The van der Waals surface area contributed by atoms with Crippen molar-refractivity contribution in [1.29, 1.82) is 0 Å². The predicted octanol–water partition coefficient (Wildman–Crippen LogP) is 2.61. The number of nitrogens with one attached hydrogen (secondary N) is 1. The van der Waals surface area contributed by atoms with Crippen molar-refractivity contribution in [3.8, 4) is 5.75 Å². The predicted molar refractivity (Wildman–Crippen MR) is 95.8 cm³/mol. The summed E-state index contributed by atoms with van der Waals surface area (Å²) in [5, 5.41) is 2.75. The molecule has 0 fully saturated rings. The van der Waals surface area contributed by atoms with Crippen LogP contribution in [0.4, 0.5) is 11.4 Å². The Morgan fingerprint density at radius 3 is 2.58 bits per heavy atom. The molecule has 24 heavy (non-hydrogen) atoms. The minimum Gasteiger partial charge on any atom is -0.476 e. The molecule has 1 amide bonds. The van der Waals surface area contributed by atoms with Crippen LogP contribution in [0, 0.1) is 0 Å². The lowest BCUT2D eigenvalue weighted by molar-refractivity contribution is -0.122. The highest BCUT2D eigenvalue weighted by atomic mass is 79.9. The van der Waals surface area contributed by atoms with E-state index in [1.165, 1.54) is 4.31 Å². The molecule has 2 aromatic rings. The van der Waals surface area contributed by atoms with E-state index in [0.717, 1.165) is 10.7 Å². The summed E-state index contributed by atoms with van der Waals surface area (Å²) >= 11 is 3.36. The second-order valence-electron chi connectivity index (χ2n) is 5.34. The van der Waals surface area contributed by atoms with E-state index in [4.69, 9.17) is 4.74 Å². The third kappa shape index (κ3) is 3.39. The largest absolute Gasteiger partial charge is 0.476 e. The van der Waals surface area contributed by atoms with Gasteiger partial charge in [-0.15, -0.1) is 0 Å². The highest BCUT2D eigenvalue weighted by Crippen LogP contribution is 2.35. The summed E-state index contributed by atoms with van der Waals surface area (Å²) in [6, 6.07) is 13.9. The van der Waals surface area contributed by atoms with Crippen LogP contribution in [0.25, 0.3) is 0 Å². The van der Waals surface area contributed by atoms with Crippen LogP contribution in [-0.4, -0.2) is 33.2 Å². The van der Waals surface area contributed by atoms with Crippen LogP contribution < -0.4 is 14.4 Å². The number of carbonyl (C=O) groups excluding carboxylic acids is 1. The van der Waals surface area contributed by atoms with E-state index >= 15 is 0 Å². The molecule has 0 radical (unpaired) electrons. The number of amides is 1. The summed E-state index contributed by atoms with van der Waals surface area (Å²) in [5.41, 5.74) is 1.03. The molecule has 0 aliphatic carbocycles. The van der Waals surface area contributed by atoms with Crippen molar-refractivity contribution >= 4 is 43.2 Å². The van der Waals surface area contributed by atoms with Gasteiger partial charge in [-0.3, -0.25) is 9.10 Å². The fourth-order valence-electron chi connectivity index (χ4n) is 2.43. The standard InChI is InChI=1S/C16H15BrN2O4S/c1-24(21,22)19-10-15(23-14-9-5-4-8-13(14)19)16(20)18-12-7-3-2-6-11(12)17/h2-9,15H,10H2,1H3,(H,18,20)/t15-/m1/s1. The van der Waals surface area contributed by atoms with Crippen LogP contribution in [0.3, 0.4) is 0 Å². The molecule has 126 valence electrons. The van der Waals surface area contributed by atoms with Gasteiger partial charge in [-0.1, -0.05) is 24.3 Å². The number of nitrogens with zero attached hydrogens (tertiary/aromatic N) is 1. The highest BCUT2D eigenvalue weighted by molar-refractivity contribution is 9.10. The number of halogens is 1. The van der Waals surface area contributed by atoms with E-state index in [0.29, 0.717) is 17.1 Å². The fraction of sp³-hybridized carbons (Fsp3) is 0.188. The Morgan fingerprint density at radius 1 is 1.21 bits per heavy atom. The number of hydrogen-bond acceptors (Lipinski definition) is 4. The molecular weight excluding hydrogens is 396 g/mol. The van der Waals surface area contributed by atoms with Gasteiger partial charge >= 0.3 is 0 Å². The van der Waals surface area contributed by atoms with Crippen molar-refractivity contribution in [3.63, 3.8) is 0 Å². The lowest BCUT2D eigenvalue weighted by Gasteiger charge is -2.33. The van der Waals surface area contributed by atoms with Crippen LogP contribution in [0.5, 0.6) is 5.75 Å². The second kappa shape index (κ2) is 6.45. The monoisotopic (exact) mass is 410 g/mol. The van der Waals surface area contributed by atoms with E-state index in [1.54, 1.807) is 42.5 Å². The Morgan fingerprint density at radius 2 is 1.88 bits per heavy atom. The summed E-state index contributed by atoms with van der Waals surface area (Å²) < 4.78 is 31.7. The summed E-state index contributed by atoms with van der Waals surface area (Å²) in [6.07, 6.45) is 0.166. The Kier molecular flexibility index (Phi) is 4.51. The van der Waals surface area contributed by atoms with Crippen molar-refractivity contribution in [2.24, 2.45) is 0 Å². The molecule has 0 bridgehead atoms. The summed E-state index contributed by atoms with van der Waals surface area (Å²) in [5.74, 6) is -0.0495. The second-order valence-corrected chi connectivity index (χ2v) is 8.10. The molecule has 0 aromatic heterocycles. The average Bonchev–Trinajstić information content (AvgIpc) is 2.55. The molecule has 0 unspecified atom stereocenters. The van der Waals surface area contributed by atoms with Gasteiger partial charge < -0.3 is 10.1 Å². The van der Waals surface area contributed by atoms with Gasteiger partial charge in [-0.25, -0.2) is 8.42 Å². The molecule has 1 aliphatic heterocycles. The number of hydrogen-bond donors (Lipinski definition) is 1. The zero-order valence-corrected chi connectivity index (χ0v) is 15.2. The first-order valence-electron chi connectivity index (χ1n) is 7.15. The van der Waals surface area contributed by atoms with Crippen molar-refractivity contribution in [3.05, 3.63) is 53.0 Å². The van der Waals surface area contributed by atoms with Gasteiger partial charge in [-0.05, 0) is 40.2 Å². The number of anilines is 2. The third-order valence-corrected chi connectivity index (χ3v) is 5.40. The van der Waals surface area contributed by atoms with Gasteiger partial charge in [0, 0.05) is 4.47 Å². The Hall–Kier alpha value is -2.06. The fourth-order valence-corrected chi connectivity index (χ4v) is 3.73. The maximum Gasteiger partial charge on any atom is 0.267 e. The van der Waals surface area contributed by atoms with Crippen LogP contribution in [0.2, 0.25) is 0 Å². The van der Waals surface area contributed by atoms with E-state index in [9.17, 15) is 13.2 Å². The molecule has 1 aliphatic rings.